The van der Waals surface area contributed by atoms with Gasteiger partial charge in [-0.1, -0.05) is 62.4 Å². The van der Waals surface area contributed by atoms with Crippen LogP contribution in [-0.2, 0) is 16.0 Å². The first-order valence-corrected chi connectivity index (χ1v) is 9.81. The molecule has 0 saturated carbocycles. The van der Waals surface area contributed by atoms with Crippen molar-refractivity contribution in [1.82, 2.24) is 5.32 Å². The van der Waals surface area contributed by atoms with Crippen LogP contribution in [0.4, 0.5) is 11.4 Å². The number of carbonyl (C=O) groups excluding carboxylic acids is 2. The van der Waals surface area contributed by atoms with E-state index in [4.69, 9.17) is 12.2 Å². The molecule has 29 heavy (non-hydrogen) atoms. The number of nitrogens with one attached hydrogen (secondary N) is 3. The van der Waals surface area contributed by atoms with Crippen molar-refractivity contribution in [2.75, 3.05) is 10.6 Å². The van der Waals surface area contributed by atoms with E-state index in [0.717, 1.165) is 16.3 Å². The Hall–Kier alpha value is -3.25. The Morgan fingerprint density at radius 2 is 1.55 bits per heavy atom. The fourth-order valence-corrected chi connectivity index (χ4v) is 3.15. The number of amides is 2. The molecule has 0 aliphatic rings. The fourth-order valence-electron chi connectivity index (χ4n) is 2.91. The molecule has 2 amide bonds. The third kappa shape index (κ3) is 5.62. The van der Waals surface area contributed by atoms with E-state index in [9.17, 15) is 9.59 Å². The summed E-state index contributed by atoms with van der Waals surface area (Å²) >= 11 is 5.27. The molecule has 3 N–H and O–H groups in total. The molecule has 3 aromatic rings. The van der Waals surface area contributed by atoms with Crippen LogP contribution in [0.5, 0.6) is 0 Å². The maximum atomic E-state index is 12.4. The molecule has 0 saturated heterocycles. The van der Waals surface area contributed by atoms with E-state index in [-0.39, 0.29) is 29.3 Å². The van der Waals surface area contributed by atoms with Gasteiger partial charge >= 0.3 is 0 Å². The van der Waals surface area contributed by atoms with Crippen LogP contribution in [0.25, 0.3) is 10.8 Å². The van der Waals surface area contributed by atoms with Crippen LogP contribution in [-0.4, -0.2) is 16.9 Å². The molecule has 0 aromatic heterocycles. The third-order valence-corrected chi connectivity index (χ3v) is 4.60. The summed E-state index contributed by atoms with van der Waals surface area (Å²) in [6, 6.07) is 21.1. The normalized spacial score (nSPS) is 10.6. The minimum atomic E-state index is -0.192. The van der Waals surface area contributed by atoms with Crippen LogP contribution in [0, 0.1) is 5.92 Å². The van der Waals surface area contributed by atoms with E-state index in [1.54, 1.807) is 18.2 Å². The molecule has 0 atom stereocenters. The standard InChI is InChI=1S/C23H23N3O2S/c1-15(2)22(28)24-18-10-6-11-19(14-18)25-23(29)26-21(27)13-17-9-5-8-16-7-3-4-12-20(16)17/h3-12,14-15H,13H2,1-2H3,(H,24,28)(H2,25,26,27,29). The van der Waals surface area contributed by atoms with E-state index in [1.807, 2.05) is 62.4 Å². The number of thiocarbonyl (C=S) groups is 1. The second-order valence-electron chi connectivity index (χ2n) is 7.04. The zero-order valence-electron chi connectivity index (χ0n) is 16.4. The van der Waals surface area contributed by atoms with Crippen LogP contribution in [0.1, 0.15) is 19.4 Å². The van der Waals surface area contributed by atoms with Crippen molar-refractivity contribution >= 4 is 51.3 Å². The molecule has 3 rings (SSSR count). The second kappa shape index (κ2) is 9.30. The zero-order chi connectivity index (χ0) is 20.8. The minimum absolute atomic E-state index is 0.0619. The second-order valence-corrected chi connectivity index (χ2v) is 7.45. The van der Waals surface area contributed by atoms with Crippen molar-refractivity contribution in [3.8, 4) is 0 Å². The summed E-state index contributed by atoms with van der Waals surface area (Å²) in [5, 5.41) is 10.9. The average molecular weight is 406 g/mol. The summed E-state index contributed by atoms with van der Waals surface area (Å²) in [5.41, 5.74) is 2.29. The van der Waals surface area contributed by atoms with Crippen LogP contribution < -0.4 is 16.0 Å². The Labute approximate surface area is 175 Å². The van der Waals surface area contributed by atoms with Crippen LogP contribution in [0.3, 0.4) is 0 Å². The Balaban J connectivity index is 1.60. The number of anilines is 2. The molecule has 0 radical (unpaired) electrons. The number of hydrogen-bond donors (Lipinski definition) is 3. The average Bonchev–Trinajstić information content (AvgIpc) is 2.68. The quantitative estimate of drug-likeness (QED) is 0.547. The van der Waals surface area contributed by atoms with Gasteiger partial charge in [0.05, 0.1) is 6.42 Å². The lowest BCUT2D eigenvalue weighted by molar-refractivity contribution is -0.119. The number of hydrogen-bond acceptors (Lipinski definition) is 3. The van der Waals surface area contributed by atoms with Gasteiger partial charge in [0.25, 0.3) is 0 Å². The summed E-state index contributed by atoms with van der Waals surface area (Å²) in [7, 11) is 0. The van der Waals surface area contributed by atoms with Gasteiger partial charge in [0.2, 0.25) is 11.8 Å². The molecule has 148 valence electrons. The van der Waals surface area contributed by atoms with Crippen LogP contribution in [0.2, 0.25) is 0 Å². The first-order valence-electron chi connectivity index (χ1n) is 9.41. The van der Waals surface area contributed by atoms with Crippen molar-refractivity contribution in [1.29, 1.82) is 0 Å². The molecule has 5 nitrogen and oxygen atoms in total. The Morgan fingerprint density at radius 3 is 2.31 bits per heavy atom. The van der Waals surface area contributed by atoms with Gasteiger partial charge < -0.3 is 16.0 Å². The highest BCUT2D eigenvalue weighted by atomic mass is 32.1. The first kappa shape index (κ1) is 20.5. The number of benzene rings is 3. The molecule has 3 aromatic carbocycles. The van der Waals surface area contributed by atoms with Crippen LogP contribution >= 0.6 is 12.2 Å². The molecule has 0 spiro atoms. The van der Waals surface area contributed by atoms with Gasteiger partial charge in [-0.15, -0.1) is 0 Å². The van der Waals surface area contributed by atoms with Crippen molar-refractivity contribution in [2.45, 2.75) is 20.3 Å². The number of rotatable bonds is 5. The molecule has 0 bridgehead atoms. The van der Waals surface area contributed by atoms with Crippen molar-refractivity contribution in [2.24, 2.45) is 5.92 Å². The molecule has 0 heterocycles. The van der Waals surface area contributed by atoms with E-state index in [0.29, 0.717) is 11.4 Å². The van der Waals surface area contributed by atoms with Gasteiger partial charge in [0.15, 0.2) is 5.11 Å². The largest absolute Gasteiger partial charge is 0.332 e. The van der Waals surface area contributed by atoms with Gasteiger partial charge in [0, 0.05) is 17.3 Å². The van der Waals surface area contributed by atoms with Crippen LogP contribution in [0.15, 0.2) is 66.7 Å². The van der Waals surface area contributed by atoms with Gasteiger partial charge in [-0.25, -0.2) is 0 Å². The van der Waals surface area contributed by atoms with Gasteiger partial charge in [-0.05, 0) is 46.8 Å². The highest BCUT2D eigenvalue weighted by Gasteiger charge is 2.10. The molecule has 6 heteroatoms. The fraction of sp³-hybridized carbons (Fsp3) is 0.174. The predicted molar refractivity (Wildman–Crippen MR) is 122 cm³/mol. The maximum absolute atomic E-state index is 12.4. The molecule has 0 unspecified atom stereocenters. The lowest BCUT2D eigenvalue weighted by Gasteiger charge is -2.12. The Bertz CT molecular complexity index is 1060. The van der Waals surface area contributed by atoms with Gasteiger partial charge in [0.1, 0.15) is 0 Å². The first-order chi connectivity index (χ1) is 13.9. The maximum Gasteiger partial charge on any atom is 0.230 e. The summed E-state index contributed by atoms with van der Waals surface area (Å²) in [5.74, 6) is -0.364. The third-order valence-electron chi connectivity index (χ3n) is 4.40. The predicted octanol–water partition coefficient (Wildman–Crippen LogP) is 4.49. The molecule has 0 aliphatic carbocycles. The molecular weight excluding hydrogens is 382 g/mol. The number of carbonyl (C=O) groups is 2. The summed E-state index contributed by atoms with van der Waals surface area (Å²) in [4.78, 5) is 24.3. The SMILES string of the molecule is CC(C)C(=O)Nc1cccc(NC(=S)NC(=O)Cc2cccc3ccccc23)c1. The Morgan fingerprint density at radius 1 is 0.897 bits per heavy atom. The van der Waals surface area contributed by atoms with Gasteiger partial charge in [-0.2, -0.15) is 0 Å². The highest BCUT2D eigenvalue weighted by molar-refractivity contribution is 7.80. The number of fused-ring (bicyclic) bond motifs is 1. The van der Waals surface area contributed by atoms with Crippen molar-refractivity contribution < 1.29 is 9.59 Å². The topological polar surface area (TPSA) is 70.2 Å². The summed E-state index contributed by atoms with van der Waals surface area (Å²) in [6.07, 6.45) is 0.230. The van der Waals surface area contributed by atoms with Crippen molar-refractivity contribution in [3.63, 3.8) is 0 Å². The monoisotopic (exact) mass is 405 g/mol. The van der Waals surface area contributed by atoms with Gasteiger partial charge in [-0.3, -0.25) is 9.59 Å². The minimum Gasteiger partial charge on any atom is -0.332 e. The van der Waals surface area contributed by atoms with E-state index in [1.165, 1.54) is 0 Å². The van der Waals surface area contributed by atoms with Crippen molar-refractivity contribution in [3.05, 3.63) is 72.3 Å². The molecule has 0 aliphatic heterocycles. The highest BCUT2D eigenvalue weighted by Crippen LogP contribution is 2.19. The summed E-state index contributed by atoms with van der Waals surface area (Å²) in [6.45, 7) is 3.66. The smallest absolute Gasteiger partial charge is 0.230 e. The van der Waals surface area contributed by atoms with E-state index >= 15 is 0 Å². The lowest BCUT2D eigenvalue weighted by atomic mass is 10.0. The summed E-state index contributed by atoms with van der Waals surface area (Å²) < 4.78 is 0. The Kier molecular flexibility index (Phi) is 6.57. The zero-order valence-corrected chi connectivity index (χ0v) is 17.2. The molecule has 0 fully saturated rings. The van der Waals surface area contributed by atoms with E-state index in [2.05, 4.69) is 16.0 Å². The molecular formula is C23H23N3O2S. The lowest BCUT2D eigenvalue weighted by Crippen LogP contribution is -2.35. The van der Waals surface area contributed by atoms with E-state index < -0.39 is 0 Å².